The third kappa shape index (κ3) is 2.77. The average Bonchev–Trinajstić information content (AvgIpc) is 2.01. The maximum absolute atomic E-state index is 10.4. The van der Waals surface area contributed by atoms with Gasteiger partial charge in [0, 0.05) is 5.33 Å². The van der Waals surface area contributed by atoms with Crippen LogP contribution in [0.1, 0.15) is 11.4 Å². The molecule has 0 radical (unpaired) electrons. The summed E-state index contributed by atoms with van der Waals surface area (Å²) in [5.41, 5.74) is 5.99. The topological polar surface area (TPSA) is 107 Å². The molecule has 0 saturated heterocycles. The van der Waals surface area contributed by atoms with Crippen LogP contribution in [0, 0.1) is 21.7 Å². The van der Waals surface area contributed by atoms with Gasteiger partial charge in [-0.3, -0.25) is 0 Å². The number of nitrogen functional groups attached to an aromatic ring is 1. The average molecular weight is 329 g/mol. The summed E-state index contributed by atoms with van der Waals surface area (Å²) < 4.78 is 25.3. The van der Waals surface area contributed by atoms with Gasteiger partial charge in [-0.2, -0.15) is 4.98 Å². The Balaban J connectivity index is 3.11. The van der Waals surface area contributed by atoms with Gasteiger partial charge < -0.3 is 14.1 Å². The Hall–Kier alpha value is -0.440. The van der Waals surface area contributed by atoms with E-state index in [2.05, 4.69) is 29.7 Å². The van der Waals surface area contributed by atoms with Crippen LogP contribution in [0.15, 0.2) is 0 Å². The summed E-state index contributed by atoms with van der Waals surface area (Å²) in [5, 5.41) is 0.337. The second-order valence-electron chi connectivity index (χ2n) is 2.34. The molecule has 2 N–H and O–H groups in total. The van der Waals surface area contributed by atoms with Crippen molar-refractivity contribution in [2.24, 2.45) is 0 Å². The number of alkyl halides is 1. The monoisotopic (exact) mass is 327 g/mol. The molecule has 78 valence electrons. The van der Waals surface area contributed by atoms with Gasteiger partial charge in [-0.25, -0.2) is 4.98 Å². The van der Waals surface area contributed by atoms with E-state index >= 15 is 0 Å². The zero-order valence-corrected chi connectivity index (χ0v) is 10.3. The molecule has 0 bridgehead atoms. The SMILES string of the molecule is Cc1nc(N)c(CBr)c(O[Br+2]([O-])[O-])n1. The molecule has 1 aromatic rings. The molecule has 0 unspecified atom stereocenters. The quantitative estimate of drug-likeness (QED) is 0.693. The van der Waals surface area contributed by atoms with Gasteiger partial charge in [0.2, 0.25) is 0 Å². The van der Waals surface area contributed by atoms with Crippen LogP contribution in [-0.4, -0.2) is 9.97 Å². The van der Waals surface area contributed by atoms with Crippen molar-refractivity contribution in [1.82, 2.24) is 9.97 Å². The fraction of sp³-hybridized carbons (Fsp3) is 0.333. The van der Waals surface area contributed by atoms with Crippen molar-refractivity contribution in [3.63, 3.8) is 0 Å². The Kier molecular flexibility index (Phi) is 4.05. The molecule has 0 spiro atoms. The van der Waals surface area contributed by atoms with Crippen LogP contribution in [0.25, 0.3) is 0 Å². The first-order valence-corrected chi connectivity index (χ1v) is 6.53. The summed E-state index contributed by atoms with van der Waals surface area (Å²) in [6, 6.07) is 0. The Morgan fingerprint density at radius 2 is 2.14 bits per heavy atom. The lowest BCUT2D eigenvalue weighted by Crippen LogP contribution is -2.37. The molecular weight excluding hydrogens is 322 g/mol. The molecule has 6 nitrogen and oxygen atoms in total. The summed E-state index contributed by atoms with van der Waals surface area (Å²) >= 11 is -0.198. The van der Waals surface area contributed by atoms with Crippen LogP contribution in [0.2, 0.25) is 0 Å². The first-order chi connectivity index (χ1) is 6.54. The number of rotatable bonds is 3. The highest BCUT2D eigenvalue weighted by Gasteiger charge is 2.21. The van der Waals surface area contributed by atoms with Gasteiger partial charge in [0.25, 0.3) is 0 Å². The van der Waals surface area contributed by atoms with Gasteiger partial charge in [-0.15, -0.1) is 3.83 Å². The van der Waals surface area contributed by atoms with Crippen molar-refractivity contribution < 1.29 is 27.0 Å². The number of anilines is 1. The second kappa shape index (κ2) is 4.87. The maximum Gasteiger partial charge on any atom is 0.503 e. The first kappa shape index (κ1) is 11.6. The van der Waals surface area contributed by atoms with Crippen LogP contribution >= 0.6 is 15.9 Å². The van der Waals surface area contributed by atoms with Crippen LogP contribution in [-0.2, 0) is 5.33 Å². The molecule has 0 aliphatic rings. The van der Waals surface area contributed by atoms with Crippen molar-refractivity contribution in [2.75, 3.05) is 5.73 Å². The molecule has 1 heterocycles. The summed E-state index contributed by atoms with van der Waals surface area (Å²) in [5.74, 6) is 0.575. The summed E-state index contributed by atoms with van der Waals surface area (Å²) in [6.45, 7) is 1.60. The van der Waals surface area contributed by atoms with Gasteiger partial charge in [0.1, 0.15) is 11.6 Å². The summed E-state index contributed by atoms with van der Waals surface area (Å²) in [7, 11) is 0. The fourth-order valence-corrected chi connectivity index (χ4v) is 1.89. The lowest BCUT2D eigenvalue weighted by molar-refractivity contribution is -1.62. The molecular formula is C6H7Br2N3O3. The molecule has 14 heavy (non-hydrogen) atoms. The highest BCUT2D eigenvalue weighted by Crippen LogP contribution is 2.23. The lowest BCUT2D eigenvalue weighted by Gasteiger charge is -2.04. The Morgan fingerprint density at radius 3 is 2.64 bits per heavy atom. The van der Waals surface area contributed by atoms with Crippen molar-refractivity contribution in [2.45, 2.75) is 12.3 Å². The largest absolute Gasteiger partial charge is 0.503 e. The third-order valence-electron chi connectivity index (χ3n) is 1.38. The van der Waals surface area contributed by atoms with Gasteiger partial charge in [0.05, 0.1) is 5.56 Å². The zero-order chi connectivity index (χ0) is 10.7. The van der Waals surface area contributed by atoms with Gasteiger partial charge in [0.15, 0.2) is 0 Å². The molecule has 0 fully saturated rings. The van der Waals surface area contributed by atoms with Crippen molar-refractivity contribution in [1.29, 1.82) is 0 Å². The number of hydrogen-bond acceptors (Lipinski definition) is 6. The number of aryl methyl sites for hydroxylation is 1. The van der Waals surface area contributed by atoms with Crippen LogP contribution in [0.4, 0.5) is 5.82 Å². The number of nitrogens with two attached hydrogens (primary N) is 1. The Morgan fingerprint density at radius 1 is 1.50 bits per heavy atom. The van der Waals surface area contributed by atoms with E-state index in [-0.39, 0.29) is 11.7 Å². The van der Waals surface area contributed by atoms with E-state index in [0.717, 1.165) is 0 Å². The van der Waals surface area contributed by atoms with Crippen LogP contribution in [0.5, 0.6) is 5.88 Å². The van der Waals surface area contributed by atoms with Crippen LogP contribution < -0.4 is 18.0 Å². The minimum atomic E-state index is -3.34. The van der Waals surface area contributed by atoms with E-state index < -0.39 is 14.8 Å². The molecule has 1 aromatic heterocycles. The molecule has 0 atom stereocenters. The molecule has 0 aliphatic carbocycles. The van der Waals surface area contributed by atoms with Gasteiger partial charge in [-0.05, 0) is 6.92 Å². The Labute approximate surface area is 94.1 Å². The lowest BCUT2D eigenvalue weighted by atomic mass is 10.3. The number of hydrogen-bond donors (Lipinski definition) is 1. The highest BCUT2D eigenvalue weighted by atomic mass is 80.0. The van der Waals surface area contributed by atoms with Gasteiger partial charge in [-0.1, -0.05) is 15.9 Å². The Bertz CT molecular complexity index is 334. The summed E-state index contributed by atoms with van der Waals surface area (Å²) in [4.78, 5) is 7.70. The summed E-state index contributed by atoms with van der Waals surface area (Å²) in [6.07, 6.45) is 0. The predicted molar refractivity (Wildman–Crippen MR) is 44.4 cm³/mol. The van der Waals surface area contributed by atoms with E-state index in [1.54, 1.807) is 6.92 Å². The minimum absolute atomic E-state index is 0.00752. The van der Waals surface area contributed by atoms with Crippen molar-refractivity contribution in [3.8, 4) is 5.88 Å². The maximum atomic E-state index is 10.4. The molecule has 8 heteroatoms. The highest BCUT2D eigenvalue weighted by molar-refractivity contribution is 9.08. The fourth-order valence-electron chi connectivity index (χ4n) is 0.840. The van der Waals surface area contributed by atoms with Gasteiger partial charge >= 0.3 is 20.7 Å². The zero-order valence-electron chi connectivity index (χ0n) is 7.16. The molecule has 0 saturated carbocycles. The smallest absolute Gasteiger partial charge is 0.383 e. The van der Waals surface area contributed by atoms with E-state index in [1.165, 1.54) is 0 Å². The van der Waals surface area contributed by atoms with Crippen molar-refractivity contribution >= 4 is 21.7 Å². The van der Waals surface area contributed by atoms with E-state index in [4.69, 9.17) is 5.73 Å². The third-order valence-corrected chi connectivity index (χ3v) is 2.51. The van der Waals surface area contributed by atoms with E-state index in [0.29, 0.717) is 16.7 Å². The molecule has 0 aliphatic heterocycles. The predicted octanol–water partition coefficient (Wildman–Crippen LogP) is -1.27. The van der Waals surface area contributed by atoms with E-state index in [9.17, 15) is 8.40 Å². The second-order valence-corrected chi connectivity index (χ2v) is 4.02. The van der Waals surface area contributed by atoms with Crippen molar-refractivity contribution in [3.05, 3.63) is 11.4 Å². The van der Waals surface area contributed by atoms with E-state index in [1.807, 2.05) is 0 Å². The standard InChI is InChI=1S/C6H7Br2N3O3/c1-3-10-5(9)4(2-7)6(11-3)14-8(12)13/h2H2,1H3,(H2,9,10,11). The van der Waals surface area contributed by atoms with Crippen LogP contribution in [0.3, 0.4) is 0 Å². The minimum Gasteiger partial charge on any atom is -0.383 e. The first-order valence-electron chi connectivity index (χ1n) is 3.47. The molecule has 1 rings (SSSR count). The number of aromatic nitrogens is 2. The number of nitrogens with zero attached hydrogens (tertiary/aromatic N) is 2. The molecule has 0 amide bonds. The number of halogens is 2. The normalized spacial score (nSPS) is 10.6. The molecule has 0 aromatic carbocycles.